The second-order valence-corrected chi connectivity index (χ2v) is 9.79. The van der Waals surface area contributed by atoms with Gasteiger partial charge in [-0.1, -0.05) is 10.4 Å². The molecule has 2 aliphatic carbocycles. The highest BCUT2D eigenvalue weighted by Gasteiger charge is 2.39. The Hall–Kier alpha value is -2.91. The summed E-state index contributed by atoms with van der Waals surface area (Å²) in [5.41, 5.74) is 1.58. The molecule has 36 heavy (non-hydrogen) atoms. The lowest BCUT2D eigenvalue weighted by atomic mass is 9.48. The Morgan fingerprint density at radius 1 is 1.25 bits per heavy atom. The van der Waals surface area contributed by atoms with Crippen molar-refractivity contribution in [3.05, 3.63) is 29.6 Å². The molecule has 2 aromatic heterocycles. The average molecular weight is 487 g/mol. The SMILES string of the molecule is [B]C([B])([B])N(C(=O)OCc1c(C)noc1-c1ccc(O[C@H]2CCC[C@H](C(=O)O)C2)cn1)[C@H](C)C1CC1. The standard InChI is InChI=1S/C24H28B3N3O6/c1-13-19(12-34-23(33)30(24(25,26)27)14(2)15-6-7-15)21(36-29-13)20-9-8-18(11-28-20)35-17-5-3-4-16(10-17)22(31)32/h8-9,11,14-17H,3-7,10,12H2,1-2H3,(H,31,32)/t14-,16+,17+/m1/s1. The summed E-state index contributed by atoms with van der Waals surface area (Å²) in [7, 11) is 17.5. The first kappa shape index (κ1) is 26.2. The molecule has 3 atom stereocenters. The van der Waals surface area contributed by atoms with E-state index in [0.29, 0.717) is 41.3 Å². The molecule has 184 valence electrons. The Bertz CT molecular complexity index is 1080. The van der Waals surface area contributed by atoms with E-state index in [-0.39, 0.29) is 30.6 Å². The first-order valence-corrected chi connectivity index (χ1v) is 12.2. The molecular formula is C24H28B3N3O6. The molecule has 0 spiro atoms. The van der Waals surface area contributed by atoms with E-state index in [1.54, 1.807) is 25.3 Å². The number of carbonyl (C=O) groups is 2. The van der Waals surface area contributed by atoms with Gasteiger partial charge in [0.1, 0.15) is 18.1 Å². The zero-order valence-corrected chi connectivity index (χ0v) is 20.6. The number of aliphatic carboxylic acids is 1. The Labute approximate surface area is 214 Å². The molecule has 0 aromatic carbocycles. The molecule has 12 heteroatoms. The Morgan fingerprint density at radius 2 is 2.00 bits per heavy atom. The summed E-state index contributed by atoms with van der Waals surface area (Å²) in [6, 6.07) is 3.19. The molecule has 0 bridgehead atoms. The first-order chi connectivity index (χ1) is 17.0. The molecule has 2 fully saturated rings. The fourth-order valence-corrected chi connectivity index (χ4v) is 4.68. The van der Waals surface area contributed by atoms with Crippen molar-refractivity contribution in [3.8, 4) is 17.2 Å². The quantitative estimate of drug-likeness (QED) is 0.538. The van der Waals surface area contributed by atoms with E-state index in [1.807, 2.05) is 6.92 Å². The summed E-state index contributed by atoms with van der Waals surface area (Å²) in [4.78, 5) is 29.7. The van der Waals surface area contributed by atoms with Crippen molar-refractivity contribution in [3.63, 3.8) is 0 Å². The molecule has 1 amide bonds. The lowest BCUT2D eigenvalue weighted by Gasteiger charge is -2.41. The van der Waals surface area contributed by atoms with E-state index >= 15 is 0 Å². The number of nitrogens with zero attached hydrogens (tertiary/aromatic N) is 3. The van der Waals surface area contributed by atoms with Crippen LogP contribution >= 0.6 is 0 Å². The van der Waals surface area contributed by atoms with E-state index < -0.39 is 17.3 Å². The minimum absolute atomic E-state index is 0.133. The van der Waals surface area contributed by atoms with Crippen molar-refractivity contribution in [2.45, 2.75) is 76.4 Å². The number of pyridine rings is 1. The second kappa shape index (κ2) is 10.6. The summed E-state index contributed by atoms with van der Waals surface area (Å²) in [5.74, 6) is 0.00938. The highest BCUT2D eigenvalue weighted by Crippen LogP contribution is 2.37. The third-order valence-corrected chi connectivity index (χ3v) is 6.90. The zero-order chi connectivity index (χ0) is 26.0. The molecule has 2 aliphatic rings. The van der Waals surface area contributed by atoms with Crippen molar-refractivity contribution in [2.75, 3.05) is 0 Å². The molecule has 0 aliphatic heterocycles. The molecule has 6 radical (unpaired) electrons. The van der Waals surface area contributed by atoms with Gasteiger partial charge in [0.15, 0.2) is 5.76 Å². The number of carbonyl (C=O) groups excluding carboxylic acids is 1. The summed E-state index contributed by atoms with van der Waals surface area (Å²) in [6.07, 6.45) is 5.36. The van der Waals surface area contributed by atoms with Crippen LogP contribution < -0.4 is 4.74 Å². The smallest absolute Gasteiger partial charge is 0.408 e. The lowest BCUT2D eigenvalue weighted by Crippen LogP contribution is -2.58. The van der Waals surface area contributed by atoms with Gasteiger partial charge in [-0.05, 0) is 70.4 Å². The predicted octanol–water partition coefficient (Wildman–Crippen LogP) is 2.92. The van der Waals surface area contributed by atoms with E-state index in [4.69, 9.17) is 37.5 Å². The van der Waals surface area contributed by atoms with E-state index in [9.17, 15) is 14.7 Å². The van der Waals surface area contributed by atoms with Gasteiger partial charge in [-0.15, -0.1) is 0 Å². The number of aryl methyl sites for hydroxylation is 1. The van der Waals surface area contributed by atoms with Crippen LogP contribution in [0.5, 0.6) is 5.75 Å². The molecule has 1 N–H and O–H groups in total. The fourth-order valence-electron chi connectivity index (χ4n) is 4.68. The molecular weight excluding hydrogens is 459 g/mol. The number of aromatic nitrogens is 2. The second-order valence-electron chi connectivity index (χ2n) is 9.79. The minimum Gasteiger partial charge on any atom is -0.489 e. The third-order valence-electron chi connectivity index (χ3n) is 6.90. The zero-order valence-electron chi connectivity index (χ0n) is 20.6. The van der Waals surface area contributed by atoms with Crippen molar-refractivity contribution in [1.29, 1.82) is 0 Å². The highest BCUT2D eigenvalue weighted by atomic mass is 16.6. The molecule has 9 nitrogen and oxygen atoms in total. The first-order valence-electron chi connectivity index (χ1n) is 12.2. The number of amides is 1. The van der Waals surface area contributed by atoms with Crippen molar-refractivity contribution in [1.82, 2.24) is 15.0 Å². The Kier molecular flexibility index (Phi) is 7.71. The number of carboxylic acid groups (broad SMARTS) is 1. The maximum absolute atomic E-state index is 12.9. The van der Waals surface area contributed by atoms with Gasteiger partial charge in [0, 0.05) is 6.04 Å². The molecule has 0 saturated heterocycles. The normalized spacial score (nSPS) is 20.9. The van der Waals surface area contributed by atoms with E-state index in [1.165, 1.54) is 0 Å². The van der Waals surface area contributed by atoms with Gasteiger partial charge in [0.05, 0.1) is 53.0 Å². The van der Waals surface area contributed by atoms with Gasteiger partial charge in [0.25, 0.3) is 0 Å². The average Bonchev–Trinajstić information content (AvgIpc) is 3.61. The molecule has 4 rings (SSSR count). The topological polar surface area (TPSA) is 115 Å². The maximum Gasteiger partial charge on any atom is 0.408 e. The van der Waals surface area contributed by atoms with Crippen LogP contribution in [0.2, 0.25) is 0 Å². The number of ether oxygens (including phenoxy) is 2. The summed E-state index contributed by atoms with van der Waals surface area (Å²) in [6.45, 7) is 3.45. The number of hydrogen-bond acceptors (Lipinski definition) is 7. The highest BCUT2D eigenvalue weighted by molar-refractivity contribution is 6.59. The van der Waals surface area contributed by atoms with Gasteiger partial charge in [-0.25, -0.2) is 9.78 Å². The predicted molar refractivity (Wildman–Crippen MR) is 133 cm³/mol. The van der Waals surface area contributed by atoms with Gasteiger partial charge in [-0.2, -0.15) is 0 Å². The van der Waals surface area contributed by atoms with Crippen LogP contribution in [0.4, 0.5) is 4.79 Å². The summed E-state index contributed by atoms with van der Waals surface area (Å²) >= 11 is 0. The van der Waals surface area contributed by atoms with Crippen molar-refractivity contribution < 1.29 is 28.7 Å². The molecule has 0 unspecified atom stereocenters. The number of carboxylic acids is 1. The van der Waals surface area contributed by atoms with Crippen LogP contribution in [-0.4, -0.2) is 73.1 Å². The molecule has 2 heterocycles. The summed E-state index contributed by atoms with van der Waals surface area (Å²) < 4.78 is 17.0. The van der Waals surface area contributed by atoms with Crippen molar-refractivity contribution in [2.24, 2.45) is 11.8 Å². The van der Waals surface area contributed by atoms with Crippen LogP contribution in [0, 0.1) is 18.8 Å². The van der Waals surface area contributed by atoms with Crippen LogP contribution in [0.3, 0.4) is 0 Å². The summed E-state index contributed by atoms with van der Waals surface area (Å²) in [5, 5.41) is 11.4. The van der Waals surface area contributed by atoms with Gasteiger partial charge >= 0.3 is 12.1 Å². The van der Waals surface area contributed by atoms with E-state index in [2.05, 4.69) is 10.1 Å². The third kappa shape index (κ3) is 6.07. The van der Waals surface area contributed by atoms with Gasteiger partial charge in [-0.3, -0.25) is 4.79 Å². The monoisotopic (exact) mass is 487 g/mol. The van der Waals surface area contributed by atoms with Crippen LogP contribution in [0.15, 0.2) is 22.9 Å². The maximum atomic E-state index is 12.9. The number of hydrogen-bond donors (Lipinski definition) is 1. The van der Waals surface area contributed by atoms with Crippen LogP contribution in [0.25, 0.3) is 11.5 Å². The lowest BCUT2D eigenvalue weighted by molar-refractivity contribution is -0.143. The van der Waals surface area contributed by atoms with E-state index in [0.717, 1.165) is 30.6 Å². The fraction of sp³-hybridized carbons (Fsp3) is 0.583. The Balaban J connectivity index is 1.42. The largest absolute Gasteiger partial charge is 0.489 e. The molecule has 2 aromatic rings. The van der Waals surface area contributed by atoms with Crippen LogP contribution in [-0.2, 0) is 16.1 Å². The minimum atomic E-state index is -1.86. The van der Waals surface area contributed by atoms with Crippen molar-refractivity contribution >= 4 is 35.6 Å². The van der Waals surface area contributed by atoms with Gasteiger partial charge < -0.3 is 24.0 Å². The van der Waals surface area contributed by atoms with Gasteiger partial charge in [0.2, 0.25) is 0 Å². The molecule has 2 saturated carbocycles. The number of rotatable bonds is 9. The Morgan fingerprint density at radius 3 is 2.61 bits per heavy atom. The van der Waals surface area contributed by atoms with Crippen LogP contribution in [0.1, 0.15) is 56.7 Å².